The van der Waals surface area contributed by atoms with Crippen molar-refractivity contribution < 1.29 is 4.79 Å². The Bertz CT molecular complexity index is 904. The highest BCUT2D eigenvalue weighted by atomic mass is 16.1. The van der Waals surface area contributed by atoms with E-state index in [1.54, 1.807) is 13.0 Å². The molecular weight excluding hydrogens is 312 g/mol. The van der Waals surface area contributed by atoms with Crippen LogP contribution in [-0.2, 0) is 0 Å². The van der Waals surface area contributed by atoms with Gasteiger partial charge in [-0.05, 0) is 50.6 Å². The quantitative estimate of drug-likeness (QED) is 0.743. The number of carbonyl (C=O) groups excluding carboxylic acids is 1. The Hall–Kier alpha value is -3.21. The van der Waals surface area contributed by atoms with Crippen LogP contribution >= 0.6 is 0 Å². The van der Waals surface area contributed by atoms with E-state index in [0.717, 1.165) is 22.5 Å². The predicted octanol–water partition coefficient (Wildman–Crippen LogP) is 4.40. The molecule has 0 aliphatic carbocycles. The normalized spacial score (nSPS) is 10.4. The summed E-state index contributed by atoms with van der Waals surface area (Å²) in [6.07, 6.45) is 0. The van der Waals surface area contributed by atoms with E-state index in [4.69, 9.17) is 0 Å². The first kappa shape index (κ1) is 16.6. The molecule has 1 aromatic heterocycles. The monoisotopic (exact) mass is 332 g/mol. The number of nitrogens with one attached hydrogen (secondary N) is 2. The molecule has 25 heavy (non-hydrogen) atoms. The third kappa shape index (κ3) is 4.41. The van der Waals surface area contributed by atoms with Crippen LogP contribution in [0.2, 0.25) is 0 Å². The minimum atomic E-state index is -0.262. The molecule has 0 bridgehead atoms. The van der Waals surface area contributed by atoms with Crippen molar-refractivity contribution in [1.29, 1.82) is 0 Å². The first-order chi connectivity index (χ1) is 12.0. The van der Waals surface area contributed by atoms with Crippen LogP contribution in [0.25, 0.3) is 0 Å². The molecule has 5 heteroatoms. The van der Waals surface area contributed by atoms with E-state index in [-0.39, 0.29) is 5.91 Å². The van der Waals surface area contributed by atoms with Crippen molar-refractivity contribution in [3.05, 3.63) is 77.2 Å². The van der Waals surface area contributed by atoms with Crippen LogP contribution in [0.1, 0.15) is 27.4 Å². The van der Waals surface area contributed by atoms with E-state index in [0.29, 0.717) is 17.3 Å². The molecule has 2 aromatic carbocycles. The number of anilines is 3. The number of aryl methyl sites for hydroxylation is 3. The van der Waals surface area contributed by atoms with E-state index in [1.807, 2.05) is 62.4 Å². The molecule has 0 saturated carbocycles. The average Bonchev–Trinajstić information content (AvgIpc) is 2.56. The van der Waals surface area contributed by atoms with Crippen LogP contribution in [0, 0.1) is 20.8 Å². The van der Waals surface area contributed by atoms with Gasteiger partial charge in [0.1, 0.15) is 17.3 Å². The summed E-state index contributed by atoms with van der Waals surface area (Å²) >= 11 is 0. The zero-order valence-corrected chi connectivity index (χ0v) is 14.5. The highest BCUT2D eigenvalue weighted by molar-refractivity contribution is 6.03. The molecule has 126 valence electrons. The van der Waals surface area contributed by atoms with Gasteiger partial charge in [-0.3, -0.25) is 4.79 Å². The Balaban J connectivity index is 1.80. The zero-order chi connectivity index (χ0) is 17.8. The lowest BCUT2D eigenvalue weighted by Gasteiger charge is -2.10. The average molecular weight is 332 g/mol. The molecule has 2 N–H and O–H groups in total. The van der Waals surface area contributed by atoms with Gasteiger partial charge in [0.05, 0.1) is 0 Å². The second kappa shape index (κ2) is 7.13. The van der Waals surface area contributed by atoms with Crippen molar-refractivity contribution in [3.63, 3.8) is 0 Å². The summed E-state index contributed by atoms with van der Waals surface area (Å²) in [5.41, 5.74) is 4.26. The summed E-state index contributed by atoms with van der Waals surface area (Å²) < 4.78 is 0. The fourth-order valence-corrected chi connectivity index (χ4v) is 2.45. The van der Waals surface area contributed by atoms with E-state index < -0.39 is 0 Å². The Morgan fingerprint density at radius 3 is 2.32 bits per heavy atom. The highest BCUT2D eigenvalue weighted by Crippen LogP contribution is 2.17. The minimum Gasteiger partial charge on any atom is -0.340 e. The highest BCUT2D eigenvalue weighted by Gasteiger charge is 2.11. The molecule has 0 atom stereocenters. The van der Waals surface area contributed by atoms with Crippen molar-refractivity contribution in [2.24, 2.45) is 0 Å². The van der Waals surface area contributed by atoms with Gasteiger partial charge in [-0.2, -0.15) is 0 Å². The van der Waals surface area contributed by atoms with Crippen LogP contribution < -0.4 is 10.6 Å². The Labute approximate surface area is 147 Å². The van der Waals surface area contributed by atoms with Crippen molar-refractivity contribution in [3.8, 4) is 0 Å². The number of hydrogen-bond donors (Lipinski definition) is 2. The second-order valence-electron chi connectivity index (χ2n) is 6.00. The lowest BCUT2D eigenvalue weighted by molar-refractivity contribution is 0.102. The molecule has 3 rings (SSSR count). The number of rotatable bonds is 4. The Morgan fingerprint density at radius 1 is 0.840 bits per heavy atom. The zero-order valence-electron chi connectivity index (χ0n) is 14.5. The SMILES string of the molecule is Cc1ccc(NC(=O)c2cc(Nc3cccc(C)c3)nc(C)n2)cc1. The molecule has 1 amide bonds. The lowest BCUT2D eigenvalue weighted by Crippen LogP contribution is -2.15. The first-order valence-electron chi connectivity index (χ1n) is 8.07. The van der Waals surface area contributed by atoms with E-state index in [2.05, 4.69) is 20.6 Å². The van der Waals surface area contributed by atoms with Crippen molar-refractivity contribution in [2.45, 2.75) is 20.8 Å². The van der Waals surface area contributed by atoms with Gasteiger partial charge in [-0.25, -0.2) is 9.97 Å². The number of nitrogens with zero attached hydrogens (tertiary/aromatic N) is 2. The summed E-state index contributed by atoms with van der Waals surface area (Å²) in [5, 5.41) is 6.08. The third-order valence-electron chi connectivity index (χ3n) is 3.67. The molecule has 0 radical (unpaired) electrons. The summed E-state index contributed by atoms with van der Waals surface area (Å²) in [6, 6.07) is 17.3. The summed E-state index contributed by atoms with van der Waals surface area (Å²) in [4.78, 5) is 21.1. The molecular formula is C20H20N4O. The van der Waals surface area contributed by atoms with Gasteiger partial charge in [0.25, 0.3) is 5.91 Å². The second-order valence-corrected chi connectivity index (χ2v) is 6.00. The molecule has 3 aromatic rings. The molecule has 0 aliphatic rings. The molecule has 0 fully saturated rings. The van der Waals surface area contributed by atoms with Gasteiger partial charge >= 0.3 is 0 Å². The Kier molecular flexibility index (Phi) is 4.75. The molecule has 0 saturated heterocycles. The van der Waals surface area contributed by atoms with Crippen LogP contribution in [0.3, 0.4) is 0 Å². The fraction of sp³-hybridized carbons (Fsp3) is 0.150. The van der Waals surface area contributed by atoms with Gasteiger partial charge in [-0.15, -0.1) is 0 Å². The van der Waals surface area contributed by atoms with Crippen LogP contribution in [0.15, 0.2) is 54.6 Å². The number of hydrogen-bond acceptors (Lipinski definition) is 4. The molecule has 0 spiro atoms. The van der Waals surface area contributed by atoms with Crippen molar-refractivity contribution >= 4 is 23.1 Å². The molecule has 0 unspecified atom stereocenters. The van der Waals surface area contributed by atoms with E-state index >= 15 is 0 Å². The van der Waals surface area contributed by atoms with Gasteiger partial charge in [0.2, 0.25) is 0 Å². The summed E-state index contributed by atoms with van der Waals surface area (Å²) in [7, 11) is 0. The first-order valence-corrected chi connectivity index (χ1v) is 8.07. The topological polar surface area (TPSA) is 66.9 Å². The van der Waals surface area contributed by atoms with Crippen LogP contribution in [0.4, 0.5) is 17.2 Å². The van der Waals surface area contributed by atoms with Crippen molar-refractivity contribution in [1.82, 2.24) is 9.97 Å². The standard InChI is InChI=1S/C20H20N4O/c1-13-7-9-16(10-8-13)24-20(25)18-12-19(22-15(3)21-18)23-17-6-4-5-14(2)11-17/h4-12H,1-3H3,(H,24,25)(H,21,22,23). The van der Waals surface area contributed by atoms with Gasteiger partial charge in [-0.1, -0.05) is 29.8 Å². The molecule has 5 nitrogen and oxygen atoms in total. The molecule has 0 aliphatic heterocycles. The van der Waals surface area contributed by atoms with Gasteiger partial charge in [0.15, 0.2) is 0 Å². The lowest BCUT2D eigenvalue weighted by atomic mass is 10.2. The minimum absolute atomic E-state index is 0.262. The van der Waals surface area contributed by atoms with Crippen molar-refractivity contribution in [2.75, 3.05) is 10.6 Å². The largest absolute Gasteiger partial charge is 0.340 e. The third-order valence-corrected chi connectivity index (χ3v) is 3.67. The maximum atomic E-state index is 12.5. The summed E-state index contributed by atoms with van der Waals surface area (Å²) in [5.74, 6) is 0.862. The van der Waals surface area contributed by atoms with Crippen LogP contribution in [0.5, 0.6) is 0 Å². The summed E-state index contributed by atoms with van der Waals surface area (Å²) in [6.45, 7) is 5.80. The molecule has 1 heterocycles. The van der Waals surface area contributed by atoms with E-state index in [1.165, 1.54) is 0 Å². The fourth-order valence-electron chi connectivity index (χ4n) is 2.45. The van der Waals surface area contributed by atoms with Gasteiger partial charge in [0, 0.05) is 17.4 Å². The van der Waals surface area contributed by atoms with Crippen LogP contribution in [-0.4, -0.2) is 15.9 Å². The predicted molar refractivity (Wildman–Crippen MR) is 100 cm³/mol. The Morgan fingerprint density at radius 2 is 1.60 bits per heavy atom. The maximum Gasteiger partial charge on any atom is 0.274 e. The number of carbonyl (C=O) groups is 1. The maximum absolute atomic E-state index is 12.5. The number of benzene rings is 2. The number of amides is 1. The number of aromatic nitrogens is 2. The van der Waals surface area contributed by atoms with Gasteiger partial charge < -0.3 is 10.6 Å². The smallest absolute Gasteiger partial charge is 0.274 e. The van der Waals surface area contributed by atoms with E-state index in [9.17, 15) is 4.79 Å².